The molecule has 1 N–H and O–H groups in total. The predicted octanol–water partition coefficient (Wildman–Crippen LogP) is 4.36. The van der Waals surface area contributed by atoms with E-state index in [9.17, 15) is 18.0 Å². The second-order valence-corrected chi connectivity index (χ2v) is 11.1. The van der Waals surface area contributed by atoms with Crippen molar-refractivity contribution in [3.05, 3.63) is 94.5 Å². The molecule has 3 rings (SSSR count). The van der Waals surface area contributed by atoms with Gasteiger partial charge in [0.2, 0.25) is 11.8 Å². The van der Waals surface area contributed by atoms with E-state index in [1.807, 2.05) is 50.2 Å². The Bertz CT molecular complexity index is 1350. The molecule has 0 bridgehead atoms. The average Bonchev–Trinajstić information content (AvgIpc) is 2.89. The molecule has 0 aromatic heterocycles. The molecule has 9 heteroatoms. The Kier molecular flexibility index (Phi) is 9.34. The zero-order valence-corrected chi connectivity index (χ0v) is 23.0. The number of nitrogens with zero attached hydrogens (tertiary/aromatic N) is 2. The average molecular weight is 542 g/mol. The lowest BCUT2D eigenvalue weighted by atomic mass is 10.1. The smallest absolute Gasteiger partial charge is 0.264 e. The van der Waals surface area contributed by atoms with Crippen molar-refractivity contribution in [1.82, 2.24) is 10.2 Å². The van der Waals surface area contributed by atoms with Crippen LogP contribution in [0.1, 0.15) is 23.6 Å². The van der Waals surface area contributed by atoms with E-state index in [1.54, 1.807) is 19.1 Å². The SMILES string of the molecule is CNC(=O)[C@@H](C)N(CCc1ccccc1)C(=O)CN(c1ccc(C)c(C)c1)S(=O)(=O)c1ccc(Cl)cc1. The van der Waals surface area contributed by atoms with Crippen LogP contribution in [-0.4, -0.2) is 51.3 Å². The molecule has 0 aliphatic heterocycles. The molecule has 7 nitrogen and oxygen atoms in total. The van der Waals surface area contributed by atoms with Crippen LogP contribution < -0.4 is 9.62 Å². The first kappa shape index (κ1) is 28.2. The Balaban J connectivity index is 2.00. The molecule has 0 saturated carbocycles. The molecular formula is C28H32ClN3O4S. The molecule has 0 unspecified atom stereocenters. The number of benzene rings is 3. The molecule has 0 fully saturated rings. The van der Waals surface area contributed by atoms with Gasteiger partial charge < -0.3 is 10.2 Å². The highest BCUT2D eigenvalue weighted by molar-refractivity contribution is 7.92. The van der Waals surface area contributed by atoms with Crippen LogP contribution in [0.15, 0.2) is 77.7 Å². The van der Waals surface area contributed by atoms with Gasteiger partial charge in [-0.05, 0) is 80.3 Å². The fourth-order valence-corrected chi connectivity index (χ4v) is 5.45. The summed E-state index contributed by atoms with van der Waals surface area (Å²) in [5.74, 6) is -0.817. The van der Waals surface area contributed by atoms with Crippen molar-refractivity contribution in [2.75, 3.05) is 24.4 Å². The van der Waals surface area contributed by atoms with Crippen molar-refractivity contribution < 1.29 is 18.0 Å². The Morgan fingerprint density at radius 2 is 1.59 bits per heavy atom. The monoisotopic (exact) mass is 541 g/mol. The van der Waals surface area contributed by atoms with Gasteiger partial charge in [-0.1, -0.05) is 48.0 Å². The third-order valence-electron chi connectivity index (χ3n) is 6.36. The molecule has 2 amide bonds. The Hall–Kier alpha value is -3.36. The Morgan fingerprint density at radius 1 is 0.946 bits per heavy atom. The molecule has 0 saturated heterocycles. The number of hydrogen-bond acceptors (Lipinski definition) is 4. The first-order valence-electron chi connectivity index (χ1n) is 11.9. The third-order valence-corrected chi connectivity index (χ3v) is 8.40. The van der Waals surface area contributed by atoms with Crippen LogP contribution >= 0.6 is 11.6 Å². The van der Waals surface area contributed by atoms with Crippen molar-refractivity contribution >= 4 is 39.1 Å². The maximum atomic E-state index is 13.8. The van der Waals surface area contributed by atoms with Gasteiger partial charge in [0.05, 0.1) is 10.6 Å². The minimum Gasteiger partial charge on any atom is -0.357 e. The van der Waals surface area contributed by atoms with Crippen molar-refractivity contribution in [2.24, 2.45) is 0 Å². The molecule has 37 heavy (non-hydrogen) atoms. The van der Waals surface area contributed by atoms with Gasteiger partial charge in [-0.2, -0.15) is 0 Å². The number of carbonyl (C=O) groups excluding carboxylic acids is 2. The lowest BCUT2D eigenvalue weighted by Gasteiger charge is -2.32. The summed E-state index contributed by atoms with van der Waals surface area (Å²) >= 11 is 5.98. The van der Waals surface area contributed by atoms with Crippen molar-refractivity contribution in [2.45, 2.75) is 38.1 Å². The number of halogens is 1. The summed E-state index contributed by atoms with van der Waals surface area (Å²) in [6.45, 7) is 5.23. The van der Waals surface area contributed by atoms with Crippen LogP contribution in [0, 0.1) is 13.8 Å². The molecule has 1 atom stereocenters. The van der Waals surface area contributed by atoms with E-state index in [4.69, 9.17) is 11.6 Å². The normalized spacial score (nSPS) is 12.0. The lowest BCUT2D eigenvalue weighted by Crippen LogP contribution is -2.51. The molecular weight excluding hydrogens is 510 g/mol. The lowest BCUT2D eigenvalue weighted by molar-refractivity contribution is -0.138. The standard InChI is InChI=1S/C28H32ClN3O4S/c1-20-10-13-25(18-21(20)2)32(37(35,36)26-14-11-24(29)12-15-26)19-27(33)31(22(3)28(34)30-4)17-16-23-8-6-5-7-9-23/h5-15,18,22H,16-17,19H2,1-4H3,(H,30,34)/t22-/m1/s1. The molecule has 0 spiro atoms. The van der Waals surface area contributed by atoms with Gasteiger partial charge in [0, 0.05) is 18.6 Å². The number of sulfonamides is 1. The number of amides is 2. The minimum atomic E-state index is -4.12. The summed E-state index contributed by atoms with van der Waals surface area (Å²) in [7, 11) is -2.62. The van der Waals surface area contributed by atoms with Gasteiger partial charge in [-0.3, -0.25) is 13.9 Å². The summed E-state index contributed by atoms with van der Waals surface area (Å²) in [6, 6.07) is 19.9. The van der Waals surface area contributed by atoms with Crippen molar-refractivity contribution in [1.29, 1.82) is 0 Å². The largest absolute Gasteiger partial charge is 0.357 e. The predicted molar refractivity (Wildman–Crippen MR) is 147 cm³/mol. The fourth-order valence-electron chi connectivity index (χ4n) is 3.92. The minimum absolute atomic E-state index is 0.0121. The topological polar surface area (TPSA) is 86.8 Å². The van der Waals surface area contributed by atoms with E-state index in [2.05, 4.69) is 5.32 Å². The van der Waals surface area contributed by atoms with E-state index in [0.717, 1.165) is 21.0 Å². The van der Waals surface area contributed by atoms with E-state index in [1.165, 1.54) is 36.2 Å². The summed E-state index contributed by atoms with van der Waals surface area (Å²) in [5.41, 5.74) is 3.25. The number of hydrogen-bond donors (Lipinski definition) is 1. The number of rotatable bonds is 10. The summed E-state index contributed by atoms with van der Waals surface area (Å²) in [6.07, 6.45) is 0.515. The number of aryl methyl sites for hydroxylation is 2. The van der Waals surface area contributed by atoms with Crippen LogP contribution in [0.4, 0.5) is 5.69 Å². The third kappa shape index (κ3) is 6.90. The van der Waals surface area contributed by atoms with Gasteiger partial charge in [0.1, 0.15) is 12.6 Å². The zero-order chi connectivity index (χ0) is 27.2. The molecule has 196 valence electrons. The first-order chi connectivity index (χ1) is 17.5. The summed E-state index contributed by atoms with van der Waals surface area (Å²) in [5, 5.41) is 2.98. The van der Waals surface area contributed by atoms with Crippen molar-refractivity contribution in [3.8, 4) is 0 Å². The Morgan fingerprint density at radius 3 is 2.19 bits per heavy atom. The van der Waals surface area contributed by atoms with Crippen molar-refractivity contribution in [3.63, 3.8) is 0 Å². The summed E-state index contributed by atoms with van der Waals surface area (Å²) < 4.78 is 28.6. The van der Waals surface area contributed by atoms with Crippen LogP contribution in [0.5, 0.6) is 0 Å². The van der Waals surface area contributed by atoms with Crippen LogP contribution in [-0.2, 0) is 26.0 Å². The van der Waals surface area contributed by atoms with E-state index in [0.29, 0.717) is 17.1 Å². The zero-order valence-electron chi connectivity index (χ0n) is 21.4. The number of anilines is 1. The second kappa shape index (κ2) is 12.3. The first-order valence-corrected chi connectivity index (χ1v) is 13.8. The molecule has 3 aromatic rings. The molecule has 0 radical (unpaired) electrons. The van der Waals surface area contributed by atoms with Gasteiger partial charge in [0.15, 0.2) is 0 Å². The highest BCUT2D eigenvalue weighted by Crippen LogP contribution is 2.27. The second-order valence-electron chi connectivity index (χ2n) is 8.85. The fraction of sp³-hybridized carbons (Fsp3) is 0.286. The molecule has 0 aliphatic rings. The van der Waals surface area contributed by atoms with Gasteiger partial charge in [-0.15, -0.1) is 0 Å². The highest BCUT2D eigenvalue weighted by Gasteiger charge is 2.32. The molecule has 0 heterocycles. The van der Waals surface area contributed by atoms with Gasteiger partial charge >= 0.3 is 0 Å². The highest BCUT2D eigenvalue weighted by atomic mass is 35.5. The van der Waals surface area contributed by atoms with E-state index >= 15 is 0 Å². The maximum absolute atomic E-state index is 13.8. The summed E-state index contributed by atoms with van der Waals surface area (Å²) in [4.78, 5) is 27.7. The van der Waals surface area contributed by atoms with E-state index < -0.39 is 28.5 Å². The quantitative estimate of drug-likeness (QED) is 0.413. The van der Waals surface area contributed by atoms with E-state index in [-0.39, 0.29) is 17.3 Å². The number of likely N-dealkylation sites (N-methyl/N-ethyl adjacent to an activating group) is 1. The van der Waals surface area contributed by atoms with Gasteiger partial charge in [0.25, 0.3) is 10.0 Å². The molecule has 0 aliphatic carbocycles. The maximum Gasteiger partial charge on any atom is 0.264 e. The molecule has 3 aromatic carbocycles. The van der Waals surface area contributed by atoms with Crippen LogP contribution in [0.3, 0.4) is 0 Å². The number of carbonyl (C=O) groups is 2. The Labute approximate surface area is 224 Å². The number of nitrogens with one attached hydrogen (secondary N) is 1. The van der Waals surface area contributed by atoms with Gasteiger partial charge in [-0.25, -0.2) is 8.42 Å². The van der Waals surface area contributed by atoms with Crippen LogP contribution in [0.25, 0.3) is 0 Å². The van der Waals surface area contributed by atoms with Crippen LogP contribution in [0.2, 0.25) is 5.02 Å².